The van der Waals surface area contributed by atoms with Crippen molar-refractivity contribution in [3.8, 4) is 0 Å². The van der Waals surface area contributed by atoms with Gasteiger partial charge in [-0.15, -0.1) is 0 Å². The maximum Gasteiger partial charge on any atom is 0.292 e. The van der Waals surface area contributed by atoms with Gasteiger partial charge < -0.3 is 9.84 Å². The van der Waals surface area contributed by atoms with Crippen LogP contribution in [0.2, 0.25) is 0 Å². The molecular formula is C19H25N5O2. The lowest BCUT2D eigenvalue weighted by molar-refractivity contribution is 0.0795. The van der Waals surface area contributed by atoms with Crippen LogP contribution < -0.4 is 5.32 Å². The summed E-state index contributed by atoms with van der Waals surface area (Å²) in [6.45, 7) is 4.68. The number of carbonyl (C=O) groups is 1. The normalized spacial score (nSPS) is 21.3. The van der Waals surface area contributed by atoms with Gasteiger partial charge in [0.2, 0.25) is 5.89 Å². The number of aromatic nitrogens is 2. The lowest BCUT2D eigenvalue weighted by Crippen LogP contribution is -2.51. The molecule has 0 spiro atoms. The summed E-state index contributed by atoms with van der Waals surface area (Å²) < 4.78 is 5.20. The average Bonchev–Trinajstić information content (AvgIpc) is 3.16. The van der Waals surface area contributed by atoms with Gasteiger partial charge in [-0.25, -0.2) is 0 Å². The van der Waals surface area contributed by atoms with E-state index in [1.807, 2.05) is 0 Å². The summed E-state index contributed by atoms with van der Waals surface area (Å²) in [5, 5.41) is 6.23. The first-order valence-corrected chi connectivity index (χ1v) is 9.31. The molecule has 2 aromatic rings. The molecule has 7 heteroatoms. The molecule has 1 aliphatic heterocycles. The fourth-order valence-electron chi connectivity index (χ4n) is 3.99. The van der Waals surface area contributed by atoms with Crippen molar-refractivity contribution in [3.63, 3.8) is 0 Å². The number of nitrogens with one attached hydrogen (secondary N) is 1. The quantitative estimate of drug-likeness (QED) is 0.885. The minimum absolute atomic E-state index is 0.0991. The Morgan fingerprint density at radius 3 is 2.77 bits per heavy atom. The predicted octanol–water partition coefficient (Wildman–Crippen LogP) is 1.10. The molecule has 4 rings (SSSR count). The lowest BCUT2D eigenvalue weighted by atomic mass is 9.87. The van der Waals surface area contributed by atoms with E-state index in [0.29, 0.717) is 18.5 Å². The molecule has 2 heterocycles. The van der Waals surface area contributed by atoms with E-state index in [1.165, 1.54) is 24.0 Å². The van der Waals surface area contributed by atoms with E-state index in [0.717, 1.165) is 32.6 Å². The van der Waals surface area contributed by atoms with Gasteiger partial charge in [-0.3, -0.25) is 14.6 Å². The fraction of sp³-hybridized carbons (Fsp3) is 0.526. The fourth-order valence-corrected chi connectivity index (χ4v) is 3.99. The smallest absolute Gasteiger partial charge is 0.292 e. The summed E-state index contributed by atoms with van der Waals surface area (Å²) in [6, 6.07) is 9.48. The summed E-state index contributed by atoms with van der Waals surface area (Å²) in [4.78, 5) is 20.6. The van der Waals surface area contributed by atoms with Gasteiger partial charge in [0.1, 0.15) is 0 Å². The molecular weight excluding hydrogens is 330 g/mol. The van der Waals surface area contributed by atoms with Crippen LogP contribution in [0.1, 0.15) is 34.1 Å². The third-order valence-electron chi connectivity index (χ3n) is 5.50. The molecule has 1 saturated heterocycles. The van der Waals surface area contributed by atoms with Crippen molar-refractivity contribution in [3.05, 3.63) is 47.1 Å². The number of amides is 1. The second kappa shape index (κ2) is 7.55. The summed E-state index contributed by atoms with van der Waals surface area (Å²) >= 11 is 0. The molecule has 2 aliphatic rings. The number of piperazine rings is 1. The maximum atomic E-state index is 11.5. The molecule has 1 N–H and O–H groups in total. The Kier molecular flexibility index (Phi) is 4.99. The maximum absolute atomic E-state index is 11.5. The minimum Gasteiger partial charge on any atom is -0.352 e. The first-order valence-electron chi connectivity index (χ1n) is 9.31. The third-order valence-corrected chi connectivity index (χ3v) is 5.50. The lowest BCUT2D eigenvalue weighted by Gasteiger charge is -2.40. The number of benzene rings is 1. The molecule has 138 valence electrons. The third kappa shape index (κ3) is 3.64. The largest absolute Gasteiger partial charge is 0.352 e. The number of carbonyl (C=O) groups excluding carboxylic acids is 1. The molecule has 1 aromatic carbocycles. The first kappa shape index (κ1) is 17.2. The van der Waals surface area contributed by atoms with Gasteiger partial charge in [-0.05, 0) is 30.4 Å². The number of hydrogen-bond acceptors (Lipinski definition) is 6. The molecule has 0 saturated carbocycles. The Morgan fingerprint density at radius 2 is 2.00 bits per heavy atom. The van der Waals surface area contributed by atoms with Crippen molar-refractivity contribution in [2.45, 2.75) is 31.8 Å². The molecule has 1 fully saturated rings. The van der Waals surface area contributed by atoms with E-state index in [2.05, 4.69) is 49.5 Å². The highest BCUT2D eigenvalue weighted by Gasteiger charge is 2.27. The van der Waals surface area contributed by atoms with Crippen molar-refractivity contribution >= 4 is 5.91 Å². The number of nitrogens with zero attached hydrogens (tertiary/aromatic N) is 4. The summed E-state index contributed by atoms with van der Waals surface area (Å²) in [5.41, 5.74) is 3.03. The Labute approximate surface area is 153 Å². The van der Waals surface area contributed by atoms with Crippen molar-refractivity contribution in [1.82, 2.24) is 25.3 Å². The van der Waals surface area contributed by atoms with Gasteiger partial charge in [0, 0.05) is 39.3 Å². The van der Waals surface area contributed by atoms with Gasteiger partial charge in [0.25, 0.3) is 11.7 Å². The highest BCUT2D eigenvalue weighted by molar-refractivity contribution is 5.89. The zero-order valence-electron chi connectivity index (χ0n) is 15.1. The van der Waals surface area contributed by atoms with Gasteiger partial charge >= 0.3 is 0 Å². The second-order valence-electron chi connectivity index (χ2n) is 7.07. The first-order chi connectivity index (χ1) is 12.7. The van der Waals surface area contributed by atoms with E-state index in [9.17, 15) is 4.79 Å². The predicted molar refractivity (Wildman–Crippen MR) is 96.8 cm³/mol. The topological polar surface area (TPSA) is 74.5 Å². The van der Waals surface area contributed by atoms with Crippen LogP contribution in [0.25, 0.3) is 0 Å². The Hall–Kier alpha value is -2.25. The van der Waals surface area contributed by atoms with Crippen molar-refractivity contribution < 1.29 is 9.32 Å². The summed E-state index contributed by atoms with van der Waals surface area (Å²) in [5.74, 6) is 0.285. The highest BCUT2D eigenvalue weighted by Crippen LogP contribution is 2.25. The molecule has 1 amide bonds. The van der Waals surface area contributed by atoms with E-state index < -0.39 is 0 Å². The van der Waals surface area contributed by atoms with E-state index in [1.54, 1.807) is 7.05 Å². The molecule has 1 aromatic heterocycles. The molecule has 1 aliphatic carbocycles. The van der Waals surface area contributed by atoms with Crippen molar-refractivity contribution in [2.24, 2.45) is 0 Å². The molecule has 0 bridgehead atoms. The average molecular weight is 355 g/mol. The van der Waals surface area contributed by atoms with Gasteiger partial charge in [0.15, 0.2) is 0 Å². The van der Waals surface area contributed by atoms with Crippen LogP contribution >= 0.6 is 0 Å². The van der Waals surface area contributed by atoms with E-state index in [4.69, 9.17) is 4.52 Å². The number of rotatable bonds is 4. The monoisotopic (exact) mass is 355 g/mol. The van der Waals surface area contributed by atoms with Crippen molar-refractivity contribution in [1.29, 1.82) is 0 Å². The molecule has 7 nitrogen and oxygen atoms in total. The molecule has 26 heavy (non-hydrogen) atoms. The van der Waals surface area contributed by atoms with Gasteiger partial charge in [-0.1, -0.05) is 29.4 Å². The van der Waals surface area contributed by atoms with Gasteiger partial charge in [0.05, 0.1) is 6.54 Å². The van der Waals surface area contributed by atoms with Crippen LogP contribution in [-0.4, -0.2) is 65.1 Å². The summed E-state index contributed by atoms with van der Waals surface area (Å²) in [6.07, 6.45) is 3.59. The minimum atomic E-state index is -0.317. The standard InChI is InChI=1S/C19H25N5O2/c1-20-19(25)18-21-17(26-22-18)13-23-8-10-24(11-9-23)16-7-6-14-4-2-3-5-15(14)12-16/h2-5,16H,6-13H2,1H3,(H,20,25). The Morgan fingerprint density at radius 1 is 1.23 bits per heavy atom. The number of aryl methyl sites for hydroxylation is 1. The molecule has 1 atom stereocenters. The van der Waals surface area contributed by atoms with Crippen LogP contribution in [0.4, 0.5) is 0 Å². The second-order valence-corrected chi connectivity index (χ2v) is 7.07. The Balaban J connectivity index is 1.29. The van der Waals surface area contributed by atoms with E-state index in [-0.39, 0.29) is 11.7 Å². The molecule has 1 unspecified atom stereocenters. The van der Waals surface area contributed by atoms with Crippen LogP contribution in [0.3, 0.4) is 0 Å². The van der Waals surface area contributed by atoms with Crippen molar-refractivity contribution in [2.75, 3.05) is 33.2 Å². The molecule has 0 radical (unpaired) electrons. The van der Waals surface area contributed by atoms with Crippen LogP contribution in [-0.2, 0) is 19.4 Å². The van der Waals surface area contributed by atoms with Crippen LogP contribution in [0, 0.1) is 0 Å². The summed E-state index contributed by atoms with van der Waals surface area (Å²) in [7, 11) is 1.56. The zero-order chi connectivity index (χ0) is 17.9. The van der Waals surface area contributed by atoms with Crippen LogP contribution in [0.5, 0.6) is 0 Å². The number of fused-ring (bicyclic) bond motifs is 1. The van der Waals surface area contributed by atoms with Crippen LogP contribution in [0.15, 0.2) is 28.8 Å². The zero-order valence-corrected chi connectivity index (χ0v) is 15.1. The Bertz CT molecular complexity index is 767. The highest BCUT2D eigenvalue weighted by atomic mass is 16.5. The van der Waals surface area contributed by atoms with E-state index >= 15 is 0 Å². The SMILES string of the molecule is CNC(=O)c1noc(CN2CCN(C3CCc4ccccc4C3)CC2)n1. The number of hydrogen-bond donors (Lipinski definition) is 1. The van der Waals surface area contributed by atoms with Gasteiger partial charge in [-0.2, -0.15) is 4.98 Å².